The summed E-state index contributed by atoms with van der Waals surface area (Å²) in [6, 6.07) is 6.49. The van der Waals surface area contributed by atoms with E-state index >= 15 is 0 Å². The van der Waals surface area contributed by atoms with Gasteiger partial charge >= 0.3 is 6.18 Å². The first-order chi connectivity index (χ1) is 18.0. The van der Waals surface area contributed by atoms with Gasteiger partial charge in [0.15, 0.2) is 0 Å². The van der Waals surface area contributed by atoms with E-state index in [1.807, 2.05) is 10.9 Å². The van der Waals surface area contributed by atoms with Gasteiger partial charge in [-0.25, -0.2) is 9.97 Å². The molecule has 2 aliphatic heterocycles. The van der Waals surface area contributed by atoms with Crippen molar-refractivity contribution in [1.82, 2.24) is 29.5 Å². The number of halogens is 3. The number of nitrogens with one attached hydrogen (secondary N) is 1. The topological polar surface area (TPSA) is 62.1 Å². The highest BCUT2D eigenvalue weighted by atomic mass is 19.4. The van der Waals surface area contributed by atoms with Gasteiger partial charge < -0.3 is 10.2 Å². The van der Waals surface area contributed by atoms with E-state index in [2.05, 4.69) is 58.0 Å². The van der Waals surface area contributed by atoms with Gasteiger partial charge in [-0.15, -0.1) is 0 Å². The Kier molecular flexibility index (Phi) is 7.21. The molecule has 2 aliphatic rings. The Bertz CT molecular complexity index is 1260. The number of hydrogen-bond donors (Lipinski definition) is 1. The van der Waals surface area contributed by atoms with E-state index in [1.54, 1.807) is 30.6 Å². The standard InChI is InChI=1S/C28H36F3N7/c1-27(2,3)21-8-12-37(16-21)15-20-6-5-19(13-24(20)28(29,30)31)25-7-10-32-26(35-25)34-22-14-33-38(17-22)23-9-11-36(4)18-23/h5-7,10,13-14,17,21,23H,8-9,11-12,15-16,18H2,1-4H3,(H,32,34,35)/t21?,23-/m0/s1. The molecule has 1 N–H and O–H groups in total. The normalized spacial score (nSPS) is 21.3. The van der Waals surface area contributed by atoms with Crippen LogP contribution in [0.3, 0.4) is 0 Å². The quantitative estimate of drug-likeness (QED) is 0.434. The highest BCUT2D eigenvalue weighted by Crippen LogP contribution is 2.38. The minimum Gasteiger partial charge on any atom is -0.321 e. The van der Waals surface area contributed by atoms with Crippen LogP contribution >= 0.6 is 0 Å². The molecule has 2 fully saturated rings. The monoisotopic (exact) mass is 527 g/mol. The van der Waals surface area contributed by atoms with E-state index in [9.17, 15) is 13.2 Å². The predicted molar refractivity (Wildman–Crippen MR) is 142 cm³/mol. The Labute approximate surface area is 222 Å². The second-order valence-corrected chi connectivity index (χ2v) is 11.8. The third-order valence-electron chi connectivity index (χ3n) is 7.86. The van der Waals surface area contributed by atoms with E-state index in [-0.39, 0.29) is 5.41 Å². The van der Waals surface area contributed by atoms with Crippen molar-refractivity contribution in [1.29, 1.82) is 0 Å². The van der Waals surface area contributed by atoms with Crippen LogP contribution in [0.4, 0.5) is 24.8 Å². The maximum absolute atomic E-state index is 14.1. The van der Waals surface area contributed by atoms with Crippen molar-refractivity contribution in [3.05, 3.63) is 54.0 Å². The van der Waals surface area contributed by atoms with Crippen molar-refractivity contribution in [3.8, 4) is 11.3 Å². The molecular formula is C28H36F3N7. The largest absolute Gasteiger partial charge is 0.416 e. The molecule has 0 spiro atoms. The number of likely N-dealkylation sites (tertiary alicyclic amines) is 2. The summed E-state index contributed by atoms with van der Waals surface area (Å²) in [6.07, 6.45) is 2.78. The van der Waals surface area contributed by atoms with Crippen molar-refractivity contribution < 1.29 is 13.2 Å². The molecule has 1 unspecified atom stereocenters. The summed E-state index contributed by atoms with van der Waals surface area (Å²) in [5.41, 5.74) is 1.42. The van der Waals surface area contributed by atoms with Gasteiger partial charge in [-0.3, -0.25) is 9.58 Å². The van der Waals surface area contributed by atoms with Gasteiger partial charge in [0.1, 0.15) is 0 Å². The zero-order chi connectivity index (χ0) is 27.1. The van der Waals surface area contributed by atoms with Gasteiger partial charge in [0.2, 0.25) is 5.95 Å². The lowest BCUT2D eigenvalue weighted by Gasteiger charge is -2.27. The maximum atomic E-state index is 14.1. The average molecular weight is 528 g/mol. The molecule has 0 aliphatic carbocycles. The van der Waals surface area contributed by atoms with Gasteiger partial charge in [0, 0.05) is 37.6 Å². The molecule has 38 heavy (non-hydrogen) atoms. The summed E-state index contributed by atoms with van der Waals surface area (Å²) in [7, 11) is 2.09. The summed E-state index contributed by atoms with van der Waals surface area (Å²) in [5, 5.41) is 7.60. The van der Waals surface area contributed by atoms with Gasteiger partial charge in [0.25, 0.3) is 0 Å². The molecule has 5 rings (SSSR count). The molecule has 0 radical (unpaired) electrons. The SMILES string of the molecule is CN1CC[C@H](n2cc(Nc3nccc(-c4ccc(CN5CCC(C(C)(C)C)C5)c(C(F)(F)F)c4)n3)cn2)C1. The first-order valence-electron chi connectivity index (χ1n) is 13.2. The first-order valence-corrected chi connectivity index (χ1v) is 13.2. The molecule has 3 aromatic rings. The van der Waals surface area contributed by atoms with E-state index < -0.39 is 11.7 Å². The Morgan fingerprint density at radius 2 is 1.87 bits per heavy atom. The van der Waals surface area contributed by atoms with Crippen molar-refractivity contribution in [2.75, 3.05) is 38.5 Å². The minimum atomic E-state index is -4.45. The smallest absolute Gasteiger partial charge is 0.321 e. The number of benzene rings is 1. The summed E-state index contributed by atoms with van der Waals surface area (Å²) in [5.74, 6) is 0.795. The van der Waals surface area contributed by atoms with Crippen LogP contribution in [0.2, 0.25) is 0 Å². The van der Waals surface area contributed by atoms with Crippen LogP contribution in [-0.2, 0) is 12.7 Å². The van der Waals surface area contributed by atoms with Crippen LogP contribution in [0, 0.1) is 11.3 Å². The number of alkyl halides is 3. The second-order valence-electron chi connectivity index (χ2n) is 11.8. The molecule has 0 saturated carbocycles. The van der Waals surface area contributed by atoms with Crippen LogP contribution in [0.15, 0.2) is 42.9 Å². The summed E-state index contributed by atoms with van der Waals surface area (Å²) in [4.78, 5) is 13.2. The average Bonchev–Trinajstić information content (AvgIpc) is 3.60. The Morgan fingerprint density at radius 1 is 1.05 bits per heavy atom. The van der Waals surface area contributed by atoms with Crippen molar-refractivity contribution in [3.63, 3.8) is 0 Å². The Morgan fingerprint density at radius 3 is 2.55 bits per heavy atom. The fourth-order valence-corrected chi connectivity index (χ4v) is 5.50. The first kappa shape index (κ1) is 26.6. The fourth-order valence-electron chi connectivity index (χ4n) is 5.50. The van der Waals surface area contributed by atoms with Crippen LogP contribution in [-0.4, -0.2) is 62.8 Å². The number of likely N-dealkylation sites (N-methyl/N-ethyl adjacent to an activating group) is 1. The number of rotatable bonds is 6. The highest BCUT2D eigenvalue weighted by molar-refractivity contribution is 5.63. The number of anilines is 2. The van der Waals surface area contributed by atoms with E-state index in [0.29, 0.717) is 41.3 Å². The Balaban J connectivity index is 1.33. The number of aromatic nitrogens is 4. The van der Waals surface area contributed by atoms with E-state index in [4.69, 9.17) is 0 Å². The molecule has 1 aromatic carbocycles. The Hall–Kier alpha value is -2.98. The van der Waals surface area contributed by atoms with Crippen LogP contribution in [0.5, 0.6) is 0 Å². The van der Waals surface area contributed by atoms with Crippen molar-refractivity contribution in [2.24, 2.45) is 11.3 Å². The number of nitrogens with zero attached hydrogens (tertiary/aromatic N) is 6. The molecule has 0 bridgehead atoms. The molecule has 2 atom stereocenters. The number of hydrogen-bond acceptors (Lipinski definition) is 6. The minimum absolute atomic E-state index is 0.149. The third kappa shape index (κ3) is 6.02. The van der Waals surface area contributed by atoms with Crippen molar-refractivity contribution >= 4 is 11.6 Å². The summed E-state index contributed by atoms with van der Waals surface area (Å²) in [6.45, 7) is 10.5. The fraction of sp³-hybridized carbons (Fsp3) is 0.536. The molecule has 4 heterocycles. The zero-order valence-electron chi connectivity index (χ0n) is 22.5. The van der Waals surface area contributed by atoms with E-state index in [0.717, 1.165) is 44.7 Å². The second kappa shape index (κ2) is 10.3. The lowest BCUT2D eigenvalue weighted by Crippen LogP contribution is -2.26. The van der Waals surface area contributed by atoms with Crippen LogP contribution in [0.1, 0.15) is 50.8 Å². The van der Waals surface area contributed by atoms with E-state index in [1.165, 1.54) is 6.07 Å². The molecule has 0 amide bonds. The molecule has 2 saturated heterocycles. The molecule has 10 heteroatoms. The molecule has 204 valence electrons. The van der Waals surface area contributed by atoms with Crippen LogP contribution < -0.4 is 5.32 Å². The zero-order valence-corrected chi connectivity index (χ0v) is 22.5. The lowest BCUT2D eigenvalue weighted by molar-refractivity contribution is -0.138. The van der Waals surface area contributed by atoms with Gasteiger partial charge in [-0.2, -0.15) is 18.3 Å². The summed E-state index contributed by atoms with van der Waals surface area (Å²) < 4.78 is 44.3. The predicted octanol–water partition coefficient (Wildman–Crippen LogP) is 5.85. The maximum Gasteiger partial charge on any atom is 0.416 e. The highest BCUT2D eigenvalue weighted by Gasteiger charge is 2.36. The summed E-state index contributed by atoms with van der Waals surface area (Å²) >= 11 is 0. The van der Waals surface area contributed by atoms with Crippen LogP contribution in [0.25, 0.3) is 11.3 Å². The van der Waals surface area contributed by atoms with Gasteiger partial charge in [-0.05, 0) is 62.0 Å². The molecule has 7 nitrogen and oxygen atoms in total. The molecular weight excluding hydrogens is 491 g/mol. The molecule has 2 aromatic heterocycles. The van der Waals surface area contributed by atoms with Crippen molar-refractivity contribution in [2.45, 2.75) is 52.4 Å². The lowest BCUT2D eigenvalue weighted by atomic mass is 9.80. The third-order valence-corrected chi connectivity index (χ3v) is 7.86. The van der Waals surface area contributed by atoms with Gasteiger partial charge in [-0.1, -0.05) is 32.9 Å². The van der Waals surface area contributed by atoms with Gasteiger partial charge in [0.05, 0.1) is 29.2 Å².